The first-order valence-corrected chi connectivity index (χ1v) is 8.20. The SMILES string of the molecule is O=C1CC(C(=O)N2CCC(C3OCCO3)CC2)CN1CC(F)(F)F. The van der Waals surface area contributed by atoms with Gasteiger partial charge in [-0.05, 0) is 12.8 Å². The van der Waals surface area contributed by atoms with Crippen LogP contribution in [-0.4, -0.2) is 73.5 Å². The monoisotopic (exact) mass is 350 g/mol. The normalized spacial score (nSPS) is 27.3. The maximum Gasteiger partial charge on any atom is 0.406 e. The first-order valence-electron chi connectivity index (χ1n) is 8.20. The maximum absolute atomic E-state index is 12.5. The van der Waals surface area contributed by atoms with Crippen molar-refractivity contribution in [1.29, 1.82) is 0 Å². The minimum absolute atomic E-state index is 0.135. The van der Waals surface area contributed by atoms with Gasteiger partial charge in [0.15, 0.2) is 6.29 Å². The van der Waals surface area contributed by atoms with E-state index in [1.54, 1.807) is 4.90 Å². The van der Waals surface area contributed by atoms with Crippen molar-refractivity contribution < 1.29 is 32.2 Å². The molecular formula is C15H21F3N2O4. The molecular weight excluding hydrogens is 329 g/mol. The zero-order chi connectivity index (χ0) is 17.3. The Kier molecular flexibility index (Phi) is 5.00. The summed E-state index contributed by atoms with van der Waals surface area (Å²) < 4.78 is 48.3. The molecule has 3 heterocycles. The highest BCUT2D eigenvalue weighted by molar-refractivity contribution is 5.89. The van der Waals surface area contributed by atoms with Crippen molar-refractivity contribution in [3.63, 3.8) is 0 Å². The number of amides is 2. The molecule has 1 unspecified atom stereocenters. The van der Waals surface area contributed by atoms with Crippen LogP contribution in [0.2, 0.25) is 0 Å². The smallest absolute Gasteiger partial charge is 0.350 e. The number of rotatable bonds is 3. The highest BCUT2D eigenvalue weighted by Crippen LogP contribution is 2.29. The average Bonchev–Trinajstić information content (AvgIpc) is 3.16. The second kappa shape index (κ2) is 6.87. The molecule has 136 valence electrons. The van der Waals surface area contributed by atoms with E-state index < -0.39 is 24.5 Å². The van der Waals surface area contributed by atoms with Gasteiger partial charge in [0.05, 0.1) is 19.1 Å². The molecule has 0 bridgehead atoms. The molecule has 0 aromatic heterocycles. The minimum Gasteiger partial charge on any atom is -0.350 e. The number of nitrogens with zero attached hydrogens (tertiary/aromatic N) is 2. The van der Waals surface area contributed by atoms with E-state index >= 15 is 0 Å². The Morgan fingerprint density at radius 1 is 1.17 bits per heavy atom. The highest BCUT2D eigenvalue weighted by Gasteiger charge is 2.42. The quantitative estimate of drug-likeness (QED) is 0.762. The molecule has 3 fully saturated rings. The first-order chi connectivity index (χ1) is 11.3. The number of hydrogen-bond acceptors (Lipinski definition) is 4. The number of hydrogen-bond donors (Lipinski definition) is 0. The number of ether oxygens (including phenoxy) is 2. The fourth-order valence-electron chi connectivity index (χ4n) is 3.61. The summed E-state index contributed by atoms with van der Waals surface area (Å²) in [5, 5.41) is 0. The summed E-state index contributed by atoms with van der Waals surface area (Å²) in [5.41, 5.74) is 0. The Morgan fingerprint density at radius 2 is 1.79 bits per heavy atom. The number of likely N-dealkylation sites (tertiary alicyclic amines) is 2. The summed E-state index contributed by atoms with van der Waals surface area (Å²) in [6, 6.07) is 0. The Balaban J connectivity index is 1.49. The average molecular weight is 350 g/mol. The molecule has 0 aliphatic carbocycles. The Bertz CT molecular complexity index is 486. The van der Waals surface area contributed by atoms with E-state index in [2.05, 4.69) is 0 Å². The maximum atomic E-state index is 12.5. The van der Waals surface area contributed by atoms with Gasteiger partial charge >= 0.3 is 6.18 Å². The van der Waals surface area contributed by atoms with Gasteiger partial charge in [0.1, 0.15) is 6.54 Å². The van der Waals surface area contributed by atoms with Gasteiger partial charge < -0.3 is 19.3 Å². The van der Waals surface area contributed by atoms with Crippen LogP contribution in [0.25, 0.3) is 0 Å². The van der Waals surface area contributed by atoms with Gasteiger partial charge in [-0.2, -0.15) is 13.2 Å². The molecule has 0 spiro atoms. The molecule has 1 atom stereocenters. The third kappa shape index (κ3) is 4.00. The van der Waals surface area contributed by atoms with Crippen LogP contribution in [-0.2, 0) is 19.1 Å². The molecule has 3 saturated heterocycles. The predicted octanol–water partition coefficient (Wildman–Crippen LogP) is 1.01. The second-order valence-electron chi connectivity index (χ2n) is 6.56. The molecule has 0 saturated carbocycles. The first kappa shape index (κ1) is 17.5. The van der Waals surface area contributed by atoms with Crippen molar-refractivity contribution in [2.45, 2.75) is 31.7 Å². The summed E-state index contributed by atoms with van der Waals surface area (Å²) in [5.74, 6) is -1.26. The van der Waals surface area contributed by atoms with Gasteiger partial charge in [-0.25, -0.2) is 0 Å². The van der Waals surface area contributed by atoms with E-state index in [0.29, 0.717) is 26.3 Å². The standard InChI is InChI=1S/C15H21F3N2O4/c16-15(17,18)9-20-8-11(7-12(20)21)13(22)19-3-1-10(2-4-19)14-23-5-6-24-14/h10-11,14H,1-9H2. The summed E-state index contributed by atoms with van der Waals surface area (Å²) in [6.07, 6.45) is -3.30. The highest BCUT2D eigenvalue weighted by atomic mass is 19.4. The third-order valence-corrected chi connectivity index (χ3v) is 4.82. The zero-order valence-corrected chi connectivity index (χ0v) is 13.3. The van der Waals surface area contributed by atoms with Crippen LogP contribution in [0.1, 0.15) is 19.3 Å². The molecule has 0 aromatic carbocycles. The summed E-state index contributed by atoms with van der Waals surface area (Å²) in [6.45, 7) is 0.791. The van der Waals surface area contributed by atoms with Gasteiger partial charge in [0, 0.05) is 32.0 Å². The summed E-state index contributed by atoms with van der Waals surface area (Å²) >= 11 is 0. The topological polar surface area (TPSA) is 59.1 Å². The molecule has 24 heavy (non-hydrogen) atoms. The van der Waals surface area contributed by atoms with Gasteiger partial charge in [0.2, 0.25) is 11.8 Å². The zero-order valence-electron chi connectivity index (χ0n) is 13.3. The lowest BCUT2D eigenvalue weighted by molar-refractivity contribution is -0.157. The van der Waals surface area contributed by atoms with Crippen molar-refractivity contribution in [3.8, 4) is 0 Å². The Morgan fingerprint density at radius 3 is 2.38 bits per heavy atom. The molecule has 6 nitrogen and oxygen atoms in total. The fraction of sp³-hybridized carbons (Fsp3) is 0.867. The van der Waals surface area contributed by atoms with E-state index in [-0.39, 0.29) is 31.1 Å². The molecule has 0 N–H and O–H groups in total. The van der Waals surface area contributed by atoms with Crippen LogP contribution >= 0.6 is 0 Å². The van der Waals surface area contributed by atoms with Gasteiger partial charge in [-0.15, -0.1) is 0 Å². The van der Waals surface area contributed by atoms with E-state index in [1.165, 1.54) is 0 Å². The van der Waals surface area contributed by atoms with Crippen LogP contribution in [0.15, 0.2) is 0 Å². The van der Waals surface area contributed by atoms with E-state index in [4.69, 9.17) is 9.47 Å². The summed E-state index contributed by atoms with van der Waals surface area (Å²) in [4.78, 5) is 26.6. The Hall–Kier alpha value is -1.35. The second-order valence-corrected chi connectivity index (χ2v) is 6.56. The summed E-state index contributed by atoms with van der Waals surface area (Å²) in [7, 11) is 0. The lowest BCUT2D eigenvalue weighted by Gasteiger charge is -2.35. The van der Waals surface area contributed by atoms with Crippen LogP contribution in [0.5, 0.6) is 0 Å². The largest absolute Gasteiger partial charge is 0.406 e. The number of piperidine rings is 1. The third-order valence-electron chi connectivity index (χ3n) is 4.82. The molecule has 3 rings (SSSR count). The predicted molar refractivity (Wildman–Crippen MR) is 75.7 cm³/mol. The lowest BCUT2D eigenvalue weighted by atomic mass is 9.95. The van der Waals surface area contributed by atoms with Crippen molar-refractivity contribution in [2.24, 2.45) is 11.8 Å². The Labute approximate surface area is 137 Å². The van der Waals surface area contributed by atoms with Crippen LogP contribution in [0, 0.1) is 11.8 Å². The number of carbonyl (C=O) groups is 2. The van der Waals surface area contributed by atoms with Gasteiger partial charge in [-0.1, -0.05) is 0 Å². The van der Waals surface area contributed by atoms with Crippen LogP contribution in [0.4, 0.5) is 13.2 Å². The number of alkyl halides is 3. The van der Waals surface area contributed by atoms with Crippen molar-refractivity contribution in [3.05, 3.63) is 0 Å². The number of carbonyl (C=O) groups excluding carboxylic acids is 2. The van der Waals surface area contributed by atoms with E-state index in [1.807, 2.05) is 0 Å². The van der Waals surface area contributed by atoms with E-state index in [0.717, 1.165) is 17.7 Å². The molecule has 0 radical (unpaired) electrons. The van der Waals surface area contributed by atoms with E-state index in [9.17, 15) is 22.8 Å². The molecule has 2 amide bonds. The number of halogens is 3. The van der Waals surface area contributed by atoms with Crippen molar-refractivity contribution in [1.82, 2.24) is 9.80 Å². The molecule has 3 aliphatic heterocycles. The van der Waals surface area contributed by atoms with Crippen molar-refractivity contribution in [2.75, 3.05) is 39.4 Å². The lowest BCUT2D eigenvalue weighted by Crippen LogP contribution is -2.44. The van der Waals surface area contributed by atoms with Gasteiger partial charge in [0.25, 0.3) is 0 Å². The fourth-order valence-corrected chi connectivity index (χ4v) is 3.61. The molecule has 9 heteroatoms. The minimum atomic E-state index is -4.44. The van der Waals surface area contributed by atoms with Gasteiger partial charge in [-0.3, -0.25) is 9.59 Å². The molecule has 0 aromatic rings. The van der Waals surface area contributed by atoms with Crippen molar-refractivity contribution >= 4 is 11.8 Å². The molecule has 3 aliphatic rings. The van der Waals surface area contributed by atoms with Crippen LogP contribution < -0.4 is 0 Å². The van der Waals surface area contributed by atoms with Crippen LogP contribution in [0.3, 0.4) is 0 Å².